The average Bonchev–Trinajstić information content (AvgIpc) is 2.49. The van der Waals surface area contributed by atoms with Crippen LogP contribution in [-0.4, -0.2) is 16.3 Å². The van der Waals surface area contributed by atoms with Crippen LogP contribution in [-0.2, 0) is 12.2 Å². The summed E-state index contributed by atoms with van der Waals surface area (Å²) in [6.07, 6.45) is 4.88. The molecule has 1 aliphatic rings. The molecule has 72 valence electrons. The van der Waals surface area contributed by atoms with Crippen LogP contribution in [0.5, 0.6) is 0 Å². The molecule has 0 saturated heterocycles. The molecule has 1 aliphatic carbocycles. The Morgan fingerprint density at radius 3 is 3.23 bits per heavy atom. The van der Waals surface area contributed by atoms with Gasteiger partial charge in [0.05, 0.1) is 11.8 Å². The fraction of sp³-hybridized carbons (Fsp3) is 0.667. The molecule has 0 aromatic carbocycles. The Kier molecular flexibility index (Phi) is 2.91. The largest absolute Gasteiger partial charge is 0.387 e. The predicted molar refractivity (Wildman–Crippen MR) is 57.2 cm³/mol. The molecular formula is C9H13NOS2. The van der Waals surface area contributed by atoms with Crippen LogP contribution in [0, 0.1) is 0 Å². The van der Waals surface area contributed by atoms with E-state index in [1.807, 2.05) is 0 Å². The number of hydrogen-bond acceptors (Lipinski definition) is 4. The van der Waals surface area contributed by atoms with E-state index in [2.05, 4.69) is 11.2 Å². The molecule has 4 heteroatoms. The third-order valence-corrected chi connectivity index (χ3v) is 4.11. The Morgan fingerprint density at radius 1 is 1.69 bits per heavy atom. The van der Waals surface area contributed by atoms with Crippen LogP contribution in [0.2, 0.25) is 0 Å². The molecule has 0 saturated carbocycles. The lowest BCUT2D eigenvalue weighted by Gasteiger charge is -2.14. The maximum atomic E-state index is 9.68. The van der Waals surface area contributed by atoms with Gasteiger partial charge in [-0.2, -0.15) is 11.8 Å². The van der Waals surface area contributed by atoms with E-state index < -0.39 is 0 Å². The van der Waals surface area contributed by atoms with Crippen molar-refractivity contribution in [1.29, 1.82) is 0 Å². The van der Waals surface area contributed by atoms with Crippen LogP contribution in [0.15, 0.2) is 0 Å². The number of aromatic nitrogens is 1. The number of thiazole rings is 1. The van der Waals surface area contributed by atoms with Crippen LogP contribution in [0.4, 0.5) is 0 Å². The van der Waals surface area contributed by atoms with Gasteiger partial charge in [0, 0.05) is 10.6 Å². The minimum Gasteiger partial charge on any atom is -0.387 e. The highest BCUT2D eigenvalue weighted by molar-refractivity contribution is 7.97. The summed E-state index contributed by atoms with van der Waals surface area (Å²) in [5.41, 5.74) is 0.959. The standard InChI is InChI=1S/C9H13NOS2/c1-12-5-8-10-9-6(11)3-2-4-7(9)13-8/h6,11H,2-5H2,1H3. The van der Waals surface area contributed by atoms with Crippen molar-refractivity contribution in [3.63, 3.8) is 0 Å². The highest BCUT2D eigenvalue weighted by Crippen LogP contribution is 2.33. The van der Waals surface area contributed by atoms with Gasteiger partial charge in [-0.05, 0) is 25.5 Å². The van der Waals surface area contributed by atoms with Gasteiger partial charge in [-0.1, -0.05) is 0 Å². The van der Waals surface area contributed by atoms with Gasteiger partial charge in [0.25, 0.3) is 0 Å². The fourth-order valence-corrected chi connectivity index (χ4v) is 3.49. The smallest absolute Gasteiger partial charge is 0.103 e. The van der Waals surface area contributed by atoms with Gasteiger partial charge >= 0.3 is 0 Å². The summed E-state index contributed by atoms with van der Waals surface area (Å²) in [6.45, 7) is 0. The molecule has 1 aromatic heterocycles. The zero-order chi connectivity index (χ0) is 9.26. The van der Waals surface area contributed by atoms with Gasteiger partial charge in [0.15, 0.2) is 0 Å². The van der Waals surface area contributed by atoms with Gasteiger partial charge in [-0.3, -0.25) is 0 Å². The zero-order valence-corrected chi connectivity index (χ0v) is 9.25. The van der Waals surface area contributed by atoms with Crippen LogP contribution in [0.3, 0.4) is 0 Å². The lowest BCUT2D eigenvalue weighted by molar-refractivity contribution is 0.153. The van der Waals surface area contributed by atoms with E-state index in [-0.39, 0.29) is 6.10 Å². The normalized spacial score (nSPS) is 21.5. The first kappa shape index (κ1) is 9.49. The first-order valence-electron chi connectivity index (χ1n) is 4.46. The summed E-state index contributed by atoms with van der Waals surface area (Å²) in [5, 5.41) is 10.8. The number of nitrogens with zero attached hydrogens (tertiary/aromatic N) is 1. The fourth-order valence-electron chi connectivity index (χ4n) is 1.63. The third kappa shape index (κ3) is 1.90. The summed E-state index contributed by atoms with van der Waals surface area (Å²) in [6, 6.07) is 0. The second kappa shape index (κ2) is 3.98. The quantitative estimate of drug-likeness (QED) is 0.822. The van der Waals surface area contributed by atoms with Gasteiger partial charge < -0.3 is 5.11 Å². The monoisotopic (exact) mass is 215 g/mol. The highest BCUT2D eigenvalue weighted by atomic mass is 32.2. The molecule has 0 amide bonds. The Bertz CT molecular complexity index is 298. The van der Waals surface area contributed by atoms with Crippen molar-refractivity contribution in [2.75, 3.05) is 6.26 Å². The molecule has 0 bridgehead atoms. The first-order valence-corrected chi connectivity index (χ1v) is 6.67. The Balaban J connectivity index is 2.25. The van der Waals surface area contributed by atoms with E-state index >= 15 is 0 Å². The van der Waals surface area contributed by atoms with E-state index in [4.69, 9.17) is 0 Å². The number of thioether (sulfide) groups is 1. The minimum absolute atomic E-state index is 0.296. The van der Waals surface area contributed by atoms with Crippen LogP contribution in [0.1, 0.15) is 34.5 Å². The van der Waals surface area contributed by atoms with Crippen LogP contribution >= 0.6 is 23.1 Å². The van der Waals surface area contributed by atoms with E-state index in [9.17, 15) is 5.11 Å². The number of hydrogen-bond donors (Lipinski definition) is 1. The molecule has 13 heavy (non-hydrogen) atoms. The zero-order valence-electron chi connectivity index (χ0n) is 7.62. The third-order valence-electron chi connectivity index (χ3n) is 2.24. The van der Waals surface area contributed by atoms with Crippen molar-refractivity contribution < 1.29 is 5.11 Å². The second-order valence-electron chi connectivity index (χ2n) is 3.26. The molecule has 1 unspecified atom stereocenters. The first-order chi connectivity index (χ1) is 6.31. The summed E-state index contributed by atoms with van der Waals surface area (Å²) in [4.78, 5) is 5.78. The number of rotatable bonds is 2. The summed E-state index contributed by atoms with van der Waals surface area (Å²) in [5.74, 6) is 0.977. The minimum atomic E-state index is -0.296. The Morgan fingerprint density at radius 2 is 2.54 bits per heavy atom. The molecule has 0 fully saturated rings. The molecule has 2 nitrogen and oxygen atoms in total. The number of fused-ring (bicyclic) bond motifs is 1. The van der Waals surface area contributed by atoms with E-state index in [1.165, 1.54) is 9.88 Å². The second-order valence-corrected chi connectivity index (χ2v) is 5.29. The van der Waals surface area contributed by atoms with Crippen molar-refractivity contribution >= 4 is 23.1 Å². The van der Waals surface area contributed by atoms with E-state index in [0.29, 0.717) is 0 Å². The van der Waals surface area contributed by atoms with Gasteiger partial charge in [0.2, 0.25) is 0 Å². The predicted octanol–water partition coefficient (Wildman–Crippen LogP) is 2.38. The van der Waals surface area contributed by atoms with E-state index in [1.54, 1.807) is 23.1 Å². The maximum absolute atomic E-state index is 9.68. The van der Waals surface area contributed by atoms with Crippen LogP contribution < -0.4 is 0 Å². The molecule has 0 aliphatic heterocycles. The molecule has 0 radical (unpaired) electrons. The lowest BCUT2D eigenvalue weighted by Crippen LogP contribution is -2.07. The summed E-state index contributed by atoms with van der Waals surface area (Å²) < 4.78 is 0. The Hall–Kier alpha value is -0.0600. The number of aliphatic hydroxyl groups excluding tert-OH is 1. The molecule has 1 N–H and O–H groups in total. The summed E-state index contributed by atoms with van der Waals surface area (Å²) >= 11 is 3.56. The average molecular weight is 215 g/mol. The van der Waals surface area contributed by atoms with Gasteiger partial charge in [-0.15, -0.1) is 11.3 Å². The van der Waals surface area contributed by atoms with Gasteiger partial charge in [0.1, 0.15) is 5.01 Å². The van der Waals surface area contributed by atoms with Crippen molar-refractivity contribution in [2.45, 2.75) is 31.1 Å². The topological polar surface area (TPSA) is 33.1 Å². The van der Waals surface area contributed by atoms with Crippen molar-refractivity contribution in [3.05, 3.63) is 15.6 Å². The maximum Gasteiger partial charge on any atom is 0.103 e. The van der Waals surface area contributed by atoms with E-state index in [0.717, 1.165) is 30.7 Å². The Labute approximate surface area is 86.4 Å². The highest BCUT2D eigenvalue weighted by Gasteiger charge is 2.22. The van der Waals surface area contributed by atoms with Crippen molar-refractivity contribution in [3.8, 4) is 0 Å². The number of aliphatic hydroxyl groups is 1. The SMILES string of the molecule is CSCc1nc2c(s1)CCCC2O. The van der Waals surface area contributed by atoms with Crippen molar-refractivity contribution in [2.24, 2.45) is 0 Å². The summed E-state index contributed by atoms with van der Waals surface area (Å²) in [7, 11) is 0. The molecule has 1 atom stereocenters. The van der Waals surface area contributed by atoms with Gasteiger partial charge in [-0.25, -0.2) is 4.98 Å². The lowest BCUT2D eigenvalue weighted by atomic mass is 10.0. The molecule has 1 heterocycles. The number of aryl methyl sites for hydroxylation is 1. The van der Waals surface area contributed by atoms with Crippen molar-refractivity contribution in [1.82, 2.24) is 4.98 Å². The molecule has 1 aromatic rings. The molecule has 0 spiro atoms. The van der Waals surface area contributed by atoms with Crippen LogP contribution in [0.25, 0.3) is 0 Å². The molecule has 2 rings (SSSR count). The molecular weight excluding hydrogens is 202 g/mol.